The summed E-state index contributed by atoms with van der Waals surface area (Å²) < 4.78 is 32.8. The molecule has 0 aliphatic heterocycles. The maximum atomic E-state index is 12.7. The predicted octanol–water partition coefficient (Wildman–Crippen LogP) is 3.62. The van der Waals surface area contributed by atoms with Crippen molar-refractivity contribution in [3.63, 3.8) is 0 Å². The molecule has 0 bridgehead atoms. The van der Waals surface area contributed by atoms with E-state index in [0.717, 1.165) is 0 Å². The van der Waals surface area contributed by atoms with Gasteiger partial charge in [-0.25, -0.2) is 18.6 Å². The summed E-state index contributed by atoms with van der Waals surface area (Å²) in [6.45, 7) is 0. The minimum absolute atomic E-state index is 0.0330. The summed E-state index contributed by atoms with van der Waals surface area (Å²) in [5, 5.41) is 2.93. The van der Waals surface area contributed by atoms with Gasteiger partial charge in [0, 0.05) is 22.0 Å². The van der Waals surface area contributed by atoms with E-state index in [2.05, 4.69) is 20.9 Å². The Morgan fingerprint density at radius 3 is 2.28 bits per heavy atom. The SMILES string of the molecule is COc1ccc(NS(=O)(=O)c2cccc(C(=O)NNC(=O)Nc3cccc(Cl)c3)c2)cc1. The Balaban J connectivity index is 1.63. The van der Waals surface area contributed by atoms with Gasteiger partial charge in [0.2, 0.25) is 0 Å². The lowest BCUT2D eigenvalue weighted by molar-refractivity contribution is 0.0937. The van der Waals surface area contributed by atoms with Crippen LogP contribution in [0.2, 0.25) is 5.02 Å². The molecule has 0 saturated carbocycles. The summed E-state index contributed by atoms with van der Waals surface area (Å²) in [5.41, 5.74) is 5.20. The quantitative estimate of drug-likeness (QED) is 0.406. The fourth-order valence-corrected chi connectivity index (χ4v) is 3.89. The zero-order valence-corrected chi connectivity index (χ0v) is 18.3. The first-order chi connectivity index (χ1) is 15.3. The summed E-state index contributed by atoms with van der Waals surface area (Å²) in [7, 11) is -2.44. The van der Waals surface area contributed by atoms with E-state index in [0.29, 0.717) is 22.1 Å². The van der Waals surface area contributed by atoms with Crippen LogP contribution in [0.15, 0.2) is 77.7 Å². The van der Waals surface area contributed by atoms with Gasteiger partial charge < -0.3 is 10.1 Å². The number of anilines is 2. The highest BCUT2D eigenvalue weighted by atomic mass is 35.5. The van der Waals surface area contributed by atoms with Gasteiger partial charge in [0.1, 0.15) is 5.75 Å². The van der Waals surface area contributed by atoms with Crippen molar-refractivity contribution in [1.82, 2.24) is 10.9 Å². The second-order valence-electron chi connectivity index (χ2n) is 6.41. The van der Waals surface area contributed by atoms with Gasteiger partial charge >= 0.3 is 6.03 Å². The van der Waals surface area contributed by atoms with Gasteiger partial charge in [-0.05, 0) is 60.7 Å². The van der Waals surface area contributed by atoms with Gasteiger partial charge in [-0.15, -0.1) is 0 Å². The average molecular weight is 475 g/mol. The van der Waals surface area contributed by atoms with Crippen molar-refractivity contribution in [2.24, 2.45) is 0 Å². The van der Waals surface area contributed by atoms with Gasteiger partial charge in [0.05, 0.1) is 12.0 Å². The molecule has 3 aromatic rings. The number of ether oxygens (including phenoxy) is 1. The summed E-state index contributed by atoms with van der Waals surface area (Å²) >= 11 is 5.85. The van der Waals surface area contributed by atoms with Crippen LogP contribution in [-0.2, 0) is 10.0 Å². The van der Waals surface area contributed by atoms with Crippen molar-refractivity contribution >= 4 is 44.9 Å². The van der Waals surface area contributed by atoms with Crippen molar-refractivity contribution in [3.05, 3.63) is 83.4 Å². The third kappa shape index (κ3) is 6.13. The number of hydrazine groups is 1. The molecule has 0 spiro atoms. The highest BCUT2D eigenvalue weighted by Crippen LogP contribution is 2.20. The fraction of sp³-hybridized carbons (Fsp3) is 0.0476. The maximum absolute atomic E-state index is 12.7. The Kier molecular flexibility index (Phi) is 7.18. The van der Waals surface area contributed by atoms with E-state index in [1.165, 1.54) is 37.4 Å². The Morgan fingerprint density at radius 2 is 1.59 bits per heavy atom. The molecule has 0 radical (unpaired) electrons. The number of urea groups is 1. The van der Waals surface area contributed by atoms with Crippen LogP contribution in [0.25, 0.3) is 0 Å². The van der Waals surface area contributed by atoms with Crippen LogP contribution >= 0.6 is 11.6 Å². The number of carbonyl (C=O) groups excluding carboxylic acids is 2. The number of rotatable bonds is 6. The highest BCUT2D eigenvalue weighted by Gasteiger charge is 2.17. The summed E-state index contributed by atoms with van der Waals surface area (Å²) in [6, 6.07) is 17.5. The van der Waals surface area contributed by atoms with Crippen LogP contribution in [0.5, 0.6) is 5.75 Å². The number of hydrogen-bond donors (Lipinski definition) is 4. The van der Waals surface area contributed by atoms with Gasteiger partial charge in [-0.3, -0.25) is 14.9 Å². The van der Waals surface area contributed by atoms with Crippen molar-refractivity contribution < 1.29 is 22.7 Å². The third-order valence-corrected chi connectivity index (χ3v) is 5.73. The molecule has 0 heterocycles. The number of benzene rings is 3. The Bertz CT molecular complexity index is 1230. The van der Waals surface area contributed by atoms with E-state index < -0.39 is 22.0 Å². The minimum atomic E-state index is -3.95. The largest absolute Gasteiger partial charge is 0.497 e. The molecule has 9 nitrogen and oxygen atoms in total. The van der Waals surface area contributed by atoms with Crippen LogP contribution in [0.4, 0.5) is 16.2 Å². The van der Waals surface area contributed by atoms with E-state index in [1.807, 2.05) is 0 Å². The normalized spacial score (nSPS) is 10.7. The van der Waals surface area contributed by atoms with Crippen molar-refractivity contribution in [2.75, 3.05) is 17.1 Å². The predicted molar refractivity (Wildman–Crippen MR) is 121 cm³/mol. The van der Waals surface area contributed by atoms with E-state index in [-0.39, 0.29) is 10.5 Å². The molecule has 11 heteroatoms. The van der Waals surface area contributed by atoms with Crippen LogP contribution in [0.1, 0.15) is 10.4 Å². The Morgan fingerprint density at radius 1 is 0.875 bits per heavy atom. The standard InChI is InChI=1S/C21H19ClN4O5S/c1-31-18-10-8-16(9-11-18)26-32(29,30)19-7-2-4-14(12-19)20(27)24-25-21(28)23-17-6-3-5-15(22)13-17/h2-13,26H,1H3,(H,24,27)(H2,23,25,28). The fourth-order valence-electron chi connectivity index (χ4n) is 2.59. The molecule has 166 valence electrons. The zero-order valence-electron chi connectivity index (χ0n) is 16.8. The lowest BCUT2D eigenvalue weighted by Crippen LogP contribution is -2.43. The number of halogens is 1. The summed E-state index contributed by atoms with van der Waals surface area (Å²) in [6.07, 6.45) is 0. The molecule has 32 heavy (non-hydrogen) atoms. The minimum Gasteiger partial charge on any atom is -0.497 e. The summed E-state index contributed by atoms with van der Waals surface area (Å²) in [4.78, 5) is 24.2. The average Bonchev–Trinajstić information content (AvgIpc) is 2.78. The molecule has 0 fully saturated rings. The third-order valence-electron chi connectivity index (χ3n) is 4.12. The van der Waals surface area contributed by atoms with Crippen LogP contribution in [-0.4, -0.2) is 27.5 Å². The molecule has 3 aromatic carbocycles. The topological polar surface area (TPSA) is 126 Å². The smallest absolute Gasteiger partial charge is 0.337 e. The maximum Gasteiger partial charge on any atom is 0.337 e. The van der Waals surface area contributed by atoms with Crippen LogP contribution in [0.3, 0.4) is 0 Å². The molecular weight excluding hydrogens is 456 g/mol. The first-order valence-corrected chi connectivity index (χ1v) is 11.0. The van der Waals surface area contributed by atoms with Crippen molar-refractivity contribution in [3.8, 4) is 5.75 Å². The molecule has 0 saturated heterocycles. The van der Waals surface area contributed by atoms with Crippen molar-refractivity contribution in [1.29, 1.82) is 0 Å². The molecule has 0 aliphatic carbocycles. The summed E-state index contributed by atoms with van der Waals surface area (Å²) in [5.74, 6) is -0.119. The second kappa shape index (κ2) is 10.0. The van der Waals surface area contributed by atoms with Gasteiger partial charge in [-0.2, -0.15) is 0 Å². The molecule has 0 aromatic heterocycles. The lowest BCUT2D eigenvalue weighted by atomic mass is 10.2. The van der Waals surface area contributed by atoms with Crippen LogP contribution in [0, 0.1) is 0 Å². The number of carbonyl (C=O) groups is 2. The molecule has 0 unspecified atom stereocenters. The van der Waals surface area contributed by atoms with Gasteiger partial charge in [0.25, 0.3) is 15.9 Å². The molecule has 3 amide bonds. The van der Waals surface area contributed by atoms with Crippen molar-refractivity contribution in [2.45, 2.75) is 4.90 Å². The molecular formula is C21H19ClN4O5S. The van der Waals surface area contributed by atoms with Gasteiger partial charge in [0.15, 0.2) is 0 Å². The first kappa shape index (κ1) is 22.9. The van der Waals surface area contributed by atoms with Crippen LogP contribution < -0.4 is 25.6 Å². The molecule has 3 rings (SSSR count). The number of methoxy groups -OCH3 is 1. The molecule has 0 atom stereocenters. The Hall–Kier alpha value is -3.76. The first-order valence-electron chi connectivity index (χ1n) is 9.17. The van der Waals surface area contributed by atoms with E-state index in [9.17, 15) is 18.0 Å². The van der Waals surface area contributed by atoms with E-state index in [1.54, 1.807) is 42.5 Å². The number of sulfonamides is 1. The zero-order chi connectivity index (χ0) is 23.1. The number of amides is 3. The second-order valence-corrected chi connectivity index (χ2v) is 8.52. The Labute approximate surface area is 189 Å². The highest BCUT2D eigenvalue weighted by molar-refractivity contribution is 7.92. The van der Waals surface area contributed by atoms with E-state index >= 15 is 0 Å². The van der Waals surface area contributed by atoms with Gasteiger partial charge in [-0.1, -0.05) is 23.7 Å². The molecule has 0 aliphatic rings. The monoisotopic (exact) mass is 474 g/mol. The molecule has 4 N–H and O–H groups in total. The van der Waals surface area contributed by atoms with E-state index in [4.69, 9.17) is 16.3 Å². The number of hydrogen-bond acceptors (Lipinski definition) is 5. The number of nitrogens with one attached hydrogen (secondary N) is 4. The lowest BCUT2D eigenvalue weighted by Gasteiger charge is -2.11.